The molecule has 0 saturated carbocycles. The first-order valence-electron chi connectivity index (χ1n) is 5.79. The molecule has 0 atom stereocenters. The number of methoxy groups -OCH3 is 1. The molecule has 19 heavy (non-hydrogen) atoms. The molecule has 0 radical (unpaired) electrons. The molecule has 2 aromatic rings. The maximum Gasteiger partial charge on any atom is 0.307 e. The van der Waals surface area contributed by atoms with Gasteiger partial charge in [-0.3, -0.25) is 4.79 Å². The summed E-state index contributed by atoms with van der Waals surface area (Å²) in [6, 6.07) is 12.0. The van der Waals surface area contributed by atoms with Crippen molar-refractivity contribution >= 4 is 5.97 Å². The van der Waals surface area contributed by atoms with Gasteiger partial charge in [-0.15, -0.1) is 0 Å². The topological polar surface area (TPSA) is 66.8 Å². The second-order valence-corrected chi connectivity index (χ2v) is 4.12. The summed E-state index contributed by atoms with van der Waals surface area (Å²) >= 11 is 0. The highest BCUT2D eigenvalue weighted by Gasteiger charge is 2.11. The van der Waals surface area contributed by atoms with Crippen molar-refractivity contribution < 1.29 is 19.7 Å². The molecule has 2 aromatic carbocycles. The Kier molecular flexibility index (Phi) is 3.71. The second kappa shape index (κ2) is 5.44. The third kappa shape index (κ3) is 2.85. The summed E-state index contributed by atoms with van der Waals surface area (Å²) in [4.78, 5) is 10.7. The molecular weight excluding hydrogens is 244 g/mol. The van der Waals surface area contributed by atoms with Crippen molar-refractivity contribution in [2.45, 2.75) is 6.42 Å². The SMILES string of the molecule is COc1ccccc1-c1cc(CC(=O)O)ccc1O. The van der Waals surface area contributed by atoms with Crippen molar-refractivity contribution in [3.05, 3.63) is 48.0 Å². The predicted molar refractivity (Wildman–Crippen MR) is 71.4 cm³/mol. The molecule has 0 spiro atoms. The van der Waals surface area contributed by atoms with Crippen LogP contribution in [-0.2, 0) is 11.2 Å². The van der Waals surface area contributed by atoms with Crippen molar-refractivity contribution in [1.29, 1.82) is 0 Å². The number of carboxylic acids is 1. The van der Waals surface area contributed by atoms with E-state index in [1.54, 1.807) is 25.3 Å². The van der Waals surface area contributed by atoms with Crippen LogP contribution < -0.4 is 4.74 Å². The van der Waals surface area contributed by atoms with E-state index in [1.165, 1.54) is 6.07 Å². The van der Waals surface area contributed by atoms with Crippen LogP contribution in [0.4, 0.5) is 0 Å². The van der Waals surface area contributed by atoms with Gasteiger partial charge in [0.05, 0.1) is 13.5 Å². The highest BCUT2D eigenvalue weighted by Crippen LogP contribution is 2.36. The predicted octanol–water partition coefficient (Wildman–Crippen LogP) is 2.69. The van der Waals surface area contributed by atoms with Crippen molar-refractivity contribution in [2.75, 3.05) is 7.11 Å². The number of hydrogen-bond donors (Lipinski definition) is 2. The molecule has 2 N–H and O–H groups in total. The van der Waals surface area contributed by atoms with Gasteiger partial charge < -0.3 is 14.9 Å². The molecule has 0 saturated heterocycles. The van der Waals surface area contributed by atoms with Gasteiger partial charge in [-0.2, -0.15) is 0 Å². The molecule has 4 heteroatoms. The maximum atomic E-state index is 10.7. The molecule has 0 aromatic heterocycles. The number of aromatic hydroxyl groups is 1. The number of phenolic OH excluding ortho intramolecular Hbond substituents is 1. The minimum absolute atomic E-state index is 0.0809. The molecule has 0 aliphatic carbocycles. The number of rotatable bonds is 4. The summed E-state index contributed by atoms with van der Waals surface area (Å²) in [5.41, 5.74) is 1.93. The number of para-hydroxylation sites is 1. The fourth-order valence-corrected chi connectivity index (χ4v) is 1.95. The monoisotopic (exact) mass is 258 g/mol. The standard InChI is InChI=1S/C15H14O4/c1-19-14-5-3-2-4-11(14)12-8-10(9-15(17)18)6-7-13(12)16/h2-8,16H,9H2,1H3,(H,17,18). The van der Waals surface area contributed by atoms with Crippen LogP contribution >= 0.6 is 0 Å². The van der Waals surface area contributed by atoms with Crippen LogP contribution in [0, 0.1) is 0 Å². The lowest BCUT2D eigenvalue weighted by Gasteiger charge is -2.11. The molecule has 0 amide bonds. The summed E-state index contributed by atoms with van der Waals surface area (Å²) in [5, 5.41) is 18.8. The van der Waals surface area contributed by atoms with Gasteiger partial charge in [0.25, 0.3) is 0 Å². The molecule has 2 rings (SSSR count). The van der Waals surface area contributed by atoms with Crippen molar-refractivity contribution in [2.24, 2.45) is 0 Å². The minimum atomic E-state index is -0.906. The van der Waals surface area contributed by atoms with E-state index in [9.17, 15) is 9.90 Å². The molecule has 0 aliphatic rings. The van der Waals surface area contributed by atoms with Crippen LogP contribution in [0.3, 0.4) is 0 Å². The van der Waals surface area contributed by atoms with E-state index >= 15 is 0 Å². The number of phenols is 1. The van der Waals surface area contributed by atoms with E-state index in [4.69, 9.17) is 9.84 Å². The lowest BCUT2D eigenvalue weighted by atomic mass is 10.00. The Morgan fingerprint density at radius 2 is 1.89 bits per heavy atom. The summed E-state index contributed by atoms with van der Waals surface area (Å²) in [6.07, 6.45) is -0.0809. The zero-order chi connectivity index (χ0) is 13.8. The molecule has 0 bridgehead atoms. The zero-order valence-corrected chi connectivity index (χ0v) is 10.5. The fourth-order valence-electron chi connectivity index (χ4n) is 1.95. The lowest BCUT2D eigenvalue weighted by Crippen LogP contribution is -2.00. The van der Waals surface area contributed by atoms with Crippen LogP contribution in [0.25, 0.3) is 11.1 Å². The van der Waals surface area contributed by atoms with Gasteiger partial charge in [-0.05, 0) is 23.8 Å². The van der Waals surface area contributed by atoms with Gasteiger partial charge in [-0.25, -0.2) is 0 Å². The van der Waals surface area contributed by atoms with Crippen LogP contribution in [0.2, 0.25) is 0 Å². The van der Waals surface area contributed by atoms with Gasteiger partial charge in [0.2, 0.25) is 0 Å². The third-order valence-corrected chi connectivity index (χ3v) is 2.81. The van der Waals surface area contributed by atoms with Gasteiger partial charge >= 0.3 is 5.97 Å². The molecule has 0 heterocycles. The number of ether oxygens (including phenoxy) is 1. The smallest absolute Gasteiger partial charge is 0.307 e. The highest BCUT2D eigenvalue weighted by molar-refractivity contribution is 5.78. The quantitative estimate of drug-likeness (QED) is 0.884. The molecule has 0 fully saturated rings. The summed E-state index contributed by atoms with van der Waals surface area (Å²) < 4.78 is 5.25. The summed E-state index contributed by atoms with van der Waals surface area (Å²) in [5.74, 6) is -0.180. The number of hydrogen-bond acceptors (Lipinski definition) is 3. The van der Waals surface area contributed by atoms with Crippen LogP contribution in [0.5, 0.6) is 11.5 Å². The van der Waals surface area contributed by atoms with Gasteiger partial charge in [0, 0.05) is 11.1 Å². The average Bonchev–Trinajstić information content (AvgIpc) is 2.40. The van der Waals surface area contributed by atoms with Crippen molar-refractivity contribution in [3.63, 3.8) is 0 Å². The van der Waals surface area contributed by atoms with E-state index in [-0.39, 0.29) is 12.2 Å². The van der Waals surface area contributed by atoms with Gasteiger partial charge in [0.15, 0.2) is 0 Å². The van der Waals surface area contributed by atoms with E-state index in [2.05, 4.69) is 0 Å². The molecule has 4 nitrogen and oxygen atoms in total. The fraction of sp³-hybridized carbons (Fsp3) is 0.133. The molecule has 0 aliphatic heterocycles. The molecule has 98 valence electrons. The third-order valence-electron chi connectivity index (χ3n) is 2.81. The van der Waals surface area contributed by atoms with Crippen LogP contribution in [-0.4, -0.2) is 23.3 Å². The maximum absolute atomic E-state index is 10.7. The Morgan fingerprint density at radius 3 is 2.58 bits per heavy atom. The zero-order valence-electron chi connectivity index (χ0n) is 10.5. The van der Waals surface area contributed by atoms with E-state index in [0.717, 1.165) is 5.56 Å². The first kappa shape index (κ1) is 13.0. The van der Waals surface area contributed by atoms with Crippen LogP contribution in [0.15, 0.2) is 42.5 Å². The normalized spacial score (nSPS) is 10.2. The first-order valence-corrected chi connectivity index (χ1v) is 5.79. The van der Waals surface area contributed by atoms with Crippen molar-refractivity contribution in [3.8, 4) is 22.6 Å². The Bertz CT molecular complexity index is 605. The Balaban J connectivity index is 2.51. The summed E-state index contributed by atoms with van der Waals surface area (Å²) in [7, 11) is 1.55. The second-order valence-electron chi connectivity index (χ2n) is 4.12. The number of carboxylic acid groups (broad SMARTS) is 1. The lowest BCUT2D eigenvalue weighted by molar-refractivity contribution is -0.136. The average molecular weight is 258 g/mol. The van der Waals surface area contributed by atoms with Crippen LogP contribution in [0.1, 0.15) is 5.56 Å². The molecular formula is C15H14O4. The van der Waals surface area contributed by atoms with E-state index < -0.39 is 5.97 Å². The van der Waals surface area contributed by atoms with Crippen molar-refractivity contribution in [1.82, 2.24) is 0 Å². The highest BCUT2D eigenvalue weighted by atomic mass is 16.5. The van der Waals surface area contributed by atoms with E-state index in [0.29, 0.717) is 16.9 Å². The largest absolute Gasteiger partial charge is 0.507 e. The Morgan fingerprint density at radius 1 is 1.16 bits per heavy atom. The number of benzene rings is 2. The Labute approximate surface area is 110 Å². The summed E-state index contributed by atoms with van der Waals surface area (Å²) in [6.45, 7) is 0. The minimum Gasteiger partial charge on any atom is -0.507 e. The number of carbonyl (C=O) groups is 1. The Hall–Kier alpha value is -2.49. The molecule has 0 unspecified atom stereocenters. The van der Waals surface area contributed by atoms with Gasteiger partial charge in [0.1, 0.15) is 11.5 Å². The first-order chi connectivity index (χ1) is 9.11. The van der Waals surface area contributed by atoms with E-state index in [1.807, 2.05) is 18.2 Å². The number of aliphatic carboxylic acids is 1. The van der Waals surface area contributed by atoms with Gasteiger partial charge in [-0.1, -0.05) is 24.3 Å².